The number of nitrogens with one attached hydrogen (secondary N) is 1. The summed E-state index contributed by atoms with van der Waals surface area (Å²) in [5.41, 5.74) is 1.80. The first-order chi connectivity index (χ1) is 14.8. The number of amides is 1. The van der Waals surface area contributed by atoms with E-state index in [-0.39, 0.29) is 11.4 Å². The van der Waals surface area contributed by atoms with E-state index >= 15 is 0 Å². The van der Waals surface area contributed by atoms with E-state index in [1.54, 1.807) is 12.4 Å². The molecule has 1 saturated carbocycles. The Balaban J connectivity index is 1.33. The molecule has 160 valence electrons. The van der Waals surface area contributed by atoms with Gasteiger partial charge in [-0.3, -0.25) is 14.7 Å². The van der Waals surface area contributed by atoms with Gasteiger partial charge in [0.05, 0.1) is 13.2 Å². The Hall–Kier alpha value is -2.44. The third kappa shape index (κ3) is 5.18. The third-order valence-corrected chi connectivity index (χ3v) is 6.32. The summed E-state index contributed by atoms with van der Waals surface area (Å²) < 4.78 is 11.3. The molecule has 6 heteroatoms. The Morgan fingerprint density at radius 1 is 1.03 bits per heavy atom. The molecule has 2 aromatic rings. The molecule has 0 atom stereocenters. The van der Waals surface area contributed by atoms with Crippen LogP contribution in [0.2, 0.25) is 0 Å². The first-order valence-corrected chi connectivity index (χ1v) is 11.0. The summed E-state index contributed by atoms with van der Waals surface area (Å²) in [5, 5.41) is 3.21. The Morgan fingerprint density at radius 2 is 1.73 bits per heavy atom. The number of aromatic nitrogens is 1. The van der Waals surface area contributed by atoms with E-state index in [0.29, 0.717) is 18.7 Å². The van der Waals surface area contributed by atoms with Crippen molar-refractivity contribution in [3.63, 3.8) is 0 Å². The molecule has 0 unspecified atom stereocenters. The van der Waals surface area contributed by atoms with Crippen molar-refractivity contribution in [2.24, 2.45) is 0 Å². The summed E-state index contributed by atoms with van der Waals surface area (Å²) in [6.45, 7) is 4.67. The van der Waals surface area contributed by atoms with Gasteiger partial charge in [0.15, 0.2) is 0 Å². The molecule has 2 aliphatic rings. The smallest absolute Gasteiger partial charge is 0.251 e. The maximum atomic E-state index is 12.8. The minimum Gasteiger partial charge on any atom is -0.489 e. The number of pyridine rings is 1. The zero-order valence-electron chi connectivity index (χ0n) is 17.5. The second kappa shape index (κ2) is 10.0. The van der Waals surface area contributed by atoms with Crippen LogP contribution in [0.15, 0.2) is 48.8 Å². The molecule has 1 aliphatic heterocycles. The monoisotopic (exact) mass is 409 g/mol. The minimum atomic E-state index is -0.0195. The minimum absolute atomic E-state index is 0.0195. The summed E-state index contributed by atoms with van der Waals surface area (Å²) in [7, 11) is 0. The average molecular weight is 410 g/mol. The molecule has 2 heterocycles. The quantitative estimate of drug-likeness (QED) is 0.759. The SMILES string of the molecule is O=C(NCC1(N2CCOCC2)CCCCC1)c1ccc(OCc2ccncc2)cc1. The molecule has 1 saturated heterocycles. The van der Waals surface area contributed by atoms with E-state index < -0.39 is 0 Å². The summed E-state index contributed by atoms with van der Waals surface area (Å²) in [6.07, 6.45) is 9.56. The lowest BCUT2D eigenvalue weighted by atomic mass is 9.79. The van der Waals surface area contributed by atoms with Crippen LogP contribution >= 0.6 is 0 Å². The van der Waals surface area contributed by atoms with Crippen LogP contribution in [0.25, 0.3) is 0 Å². The van der Waals surface area contributed by atoms with Crippen molar-refractivity contribution in [1.29, 1.82) is 0 Å². The summed E-state index contributed by atoms with van der Waals surface area (Å²) in [4.78, 5) is 19.4. The van der Waals surface area contributed by atoms with Gasteiger partial charge in [-0.05, 0) is 54.8 Å². The Morgan fingerprint density at radius 3 is 2.43 bits per heavy atom. The molecule has 4 rings (SSSR count). The number of carbonyl (C=O) groups excluding carboxylic acids is 1. The summed E-state index contributed by atoms with van der Waals surface area (Å²) in [6, 6.07) is 11.2. The molecule has 0 radical (unpaired) electrons. The average Bonchev–Trinajstić information content (AvgIpc) is 2.83. The summed E-state index contributed by atoms with van der Waals surface area (Å²) in [5.74, 6) is 0.731. The number of morpholine rings is 1. The molecule has 1 N–H and O–H groups in total. The number of hydrogen-bond acceptors (Lipinski definition) is 5. The number of benzene rings is 1. The zero-order chi connectivity index (χ0) is 20.7. The summed E-state index contributed by atoms with van der Waals surface area (Å²) >= 11 is 0. The number of nitrogens with zero attached hydrogens (tertiary/aromatic N) is 2. The lowest BCUT2D eigenvalue weighted by Gasteiger charge is -2.48. The zero-order valence-corrected chi connectivity index (χ0v) is 17.5. The molecule has 0 bridgehead atoms. The van der Waals surface area contributed by atoms with Crippen molar-refractivity contribution in [2.45, 2.75) is 44.2 Å². The van der Waals surface area contributed by atoms with Gasteiger partial charge in [0, 0.05) is 43.1 Å². The van der Waals surface area contributed by atoms with E-state index in [9.17, 15) is 4.79 Å². The lowest BCUT2D eigenvalue weighted by Crippen LogP contribution is -2.59. The van der Waals surface area contributed by atoms with Crippen molar-refractivity contribution in [1.82, 2.24) is 15.2 Å². The standard InChI is InChI=1S/C24H31N3O3/c28-23(21-4-6-22(7-5-21)30-18-20-8-12-25-13-9-20)26-19-24(10-2-1-3-11-24)27-14-16-29-17-15-27/h4-9,12-13H,1-3,10-11,14-19H2,(H,26,28). The van der Waals surface area contributed by atoms with Gasteiger partial charge < -0.3 is 14.8 Å². The van der Waals surface area contributed by atoms with Crippen molar-refractivity contribution >= 4 is 5.91 Å². The maximum Gasteiger partial charge on any atom is 0.251 e. The van der Waals surface area contributed by atoms with Gasteiger partial charge in [-0.2, -0.15) is 0 Å². The van der Waals surface area contributed by atoms with Crippen LogP contribution in [0.5, 0.6) is 5.75 Å². The van der Waals surface area contributed by atoms with Crippen molar-refractivity contribution in [3.8, 4) is 5.75 Å². The number of hydrogen-bond donors (Lipinski definition) is 1. The molecule has 1 aromatic heterocycles. The molecule has 1 aromatic carbocycles. The van der Waals surface area contributed by atoms with Gasteiger partial charge in [-0.25, -0.2) is 0 Å². The van der Waals surface area contributed by atoms with Crippen LogP contribution in [-0.4, -0.2) is 54.2 Å². The number of ether oxygens (including phenoxy) is 2. The van der Waals surface area contributed by atoms with E-state index in [2.05, 4.69) is 15.2 Å². The van der Waals surface area contributed by atoms with Gasteiger partial charge in [-0.15, -0.1) is 0 Å². The highest BCUT2D eigenvalue weighted by Gasteiger charge is 2.38. The van der Waals surface area contributed by atoms with Crippen LogP contribution in [0.1, 0.15) is 48.0 Å². The van der Waals surface area contributed by atoms with Crippen LogP contribution < -0.4 is 10.1 Å². The van der Waals surface area contributed by atoms with Gasteiger partial charge in [0.2, 0.25) is 0 Å². The van der Waals surface area contributed by atoms with E-state index in [4.69, 9.17) is 9.47 Å². The first kappa shape index (κ1) is 20.8. The Bertz CT molecular complexity index is 798. The van der Waals surface area contributed by atoms with Crippen LogP contribution in [0.4, 0.5) is 0 Å². The maximum absolute atomic E-state index is 12.8. The first-order valence-electron chi connectivity index (χ1n) is 11.0. The highest BCUT2D eigenvalue weighted by Crippen LogP contribution is 2.34. The Kier molecular flexibility index (Phi) is 6.97. The number of rotatable bonds is 7. The second-order valence-electron chi connectivity index (χ2n) is 8.24. The predicted octanol–water partition coefficient (Wildman–Crippen LogP) is 3.43. The van der Waals surface area contributed by atoms with Crippen molar-refractivity contribution in [3.05, 3.63) is 59.9 Å². The molecule has 0 spiro atoms. The Labute approximate surface area is 178 Å². The van der Waals surface area contributed by atoms with Gasteiger partial charge >= 0.3 is 0 Å². The fourth-order valence-corrected chi connectivity index (χ4v) is 4.55. The predicted molar refractivity (Wildman–Crippen MR) is 116 cm³/mol. The van der Waals surface area contributed by atoms with Gasteiger partial charge in [0.25, 0.3) is 5.91 Å². The van der Waals surface area contributed by atoms with E-state index in [1.807, 2.05) is 36.4 Å². The third-order valence-electron chi connectivity index (χ3n) is 6.32. The highest BCUT2D eigenvalue weighted by molar-refractivity contribution is 5.94. The molecular weight excluding hydrogens is 378 g/mol. The molecule has 2 fully saturated rings. The molecule has 6 nitrogen and oxygen atoms in total. The number of carbonyl (C=O) groups is 1. The van der Waals surface area contributed by atoms with E-state index in [1.165, 1.54) is 19.3 Å². The topological polar surface area (TPSA) is 63.7 Å². The van der Waals surface area contributed by atoms with Crippen LogP contribution in [0.3, 0.4) is 0 Å². The highest BCUT2D eigenvalue weighted by atomic mass is 16.5. The fraction of sp³-hybridized carbons (Fsp3) is 0.500. The molecule has 1 amide bonds. The van der Waals surface area contributed by atoms with Crippen LogP contribution in [-0.2, 0) is 11.3 Å². The second-order valence-corrected chi connectivity index (χ2v) is 8.24. The molecule has 1 aliphatic carbocycles. The van der Waals surface area contributed by atoms with Gasteiger partial charge in [-0.1, -0.05) is 19.3 Å². The van der Waals surface area contributed by atoms with Gasteiger partial charge in [0.1, 0.15) is 12.4 Å². The van der Waals surface area contributed by atoms with Crippen LogP contribution in [0, 0.1) is 0 Å². The lowest BCUT2D eigenvalue weighted by molar-refractivity contribution is -0.0361. The fourth-order valence-electron chi connectivity index (χ4n) is 4.55. The van der Waals surface area contributed by atoms with E-state index in [0.717, 1.165) is 50.5 Å². The van der Waals surface area contributed by atoms with Crippen molar-refractivity contribution in [2.75, 3.05) is 32.8 Å². The molecular formula is C24H31N3O3. The van der Waals surface area contributed by atoms with Crippen molar-refractivity contribution < 1.29 is 14.3 Å². The normalized spacial score (nSPS) is 19.2. The molecule has 30 heavy (non-hydrogen) atoms. The largest absolute Gasteiger partial charge is 0.489 e.